The Morgan fingerprint density at radius 2 is 1.91 bits per heavy atom. The highest BCUT2D eigenvalue weighted by Crippen LogP contribution is 2.43. The van der Waals surface area contributed by atoms with Gasteiger partial charge in [-0.15, -0.1) is 0 Å². The van der Waals surface area contributed by atoms with Gasteiger partial charge in [-0.2, -0.15) is 5.26 Å². The van der Waals surface area contributed by atoms with E-state index in [4.69, 9.17) is 0 Å². The van der Waals surface area contributed by atoms with Gasteiger partial charge in [-0.25, -0.2) is 12.7 Å². The molecule has 0 amide bonds. The van der Waals surface area contributed by atoms with Crippen molar-refractivity contribution in [1.29, 1.82) is 5.26 Å². The number of rotatable bonds is 2. The summed E-state index contributed by atoms with van der Waals surface area (Å²) in [5.74, 6) is 0. The summed E-state index contributed by atoms with van der Waals surface area (Å²) in [6.07, 6.45) is 3.07. The van der Waals surface area contributed by atoms with Crippen LogP contribution >= 0.6 is 15.9 Å². The summed E-state index contributed by atoms with van der Waals surface area (Å²) in [5.41, 5.74) is 1.86. The predicted molar refractivity (Wildman–Crippen MR) is 89.2 cm³/mol. The van der Waals surface area contributed by atoms with E-state index < -0.39 is 10.0 Å². The van der Waals surface area contributed by atoms with Crippen LogP contribution in [0.2, 0.25) is 0 Å². The van der Waals surface area contributed by atoms with E-state index in [1.807, 2.05) is 18.2 Å². The Balaban J connectivity index is 1.67. The van der Waals surface area contributed by atoms with Crippen molar-refractivity contribution in [1.82, 2.24) is 4.31 Å². The lowest BCUT2D eigenvalue weighted by molar-refractivity contribution is 0.115. The first-order valence-electron chi connectivity index (χ1n) is 7.23. The molecule has 0 bridgehead atoms. The van der Waals surface area contributed by atoms with Crippen LogP contribution in [0.4, 0.5) is 5.69 Å². The number of nitriles is 1. The van der Waals surface area contributed by atoms with E-state index in [2.05, 4.69) is 26.9 Å². The number of hydrogen-bond acceptors (Lipinski definition) is 4. The molecule has 1 aromatic carbocycles. The fraction of sp³-hybridized carbons (Fsp3) is 0.533. The van der Waals surface area contributed by atoms with Crippen LogP contribution in [0.25, 0.3) is 0 Å². The summed E-state index contributed by atoms with van der Waals surface area (Å²) in [5, 5.41) is 9.27. The minimum atomic E-state index is -3.07. The fourth-order valence-electron chi connectivity index (χ4n) is 3.42. The molecule has 0 unspecified atom stereocenters. The standard InChI is InChI=1S/C15H18BrN3O2S/c1-22(20,21)19-6-4-15(5-7-19)10-18(11-15)14-3-2-13(16)8-12(14)9-17/h2-3,8H,4-7,10-11H2,1H3. The molecule has 1 spiro atoms. The second-order valence-electron chi connectivity index (χ2n) is 6.29. The molecule has 2 aliphatic rings. The van der Waals surface area contributed by atoms with Gasteiger partial charge in [0.2, 0.25) is 10.0 Å². The van der Waals surface area contributed by atoms with E-state index >= 15 is 0 Å². The molecule has 2 aliphatic heterocycles. The van der Waals surface area contributed by atoms with Crippen LogP contribution in [0.3, 0.4) is 0 Å². The summed E-state index contributed by atoms with van der Waals surface area (Å²) in [7, 11) is -3.07. The first kappa shape index (κ1) is 15.8. The molecule has 5 nitrogen and oxygen atoms in total. The topological polar surface area (TPSA) is 64.4 Å². The Bertz CT molecular complexity index is 726. The number of piperidine rings is 1. The van der Waals surface area contributed by atoms with Crippen LogP contribution in [0.5, 0.6) is 0 Å². The molecule has 2 saturated heterocycles. The van der Waals surface area contributed by atoms with Crippen molar-refractivity contribution >= 4 is 31.6 Å². The van der Waals surface area contributed by atoms with Gasteiger partial charge >= 0.3 is 0 Å². The minimum absolute atomic E-state index is 0.209. The van der Waals surface area contributed by atoms with E-state index in [0.29, 0.717) is 18.7 Å². The molecule has 2 fully saturated rings. The van der Waals surface area contributed by atoms with Gasteiger partial charge in [0.15, 0.2) is 0 Å². The van der Waals surface area contributed by atoms with Crippen LogP contribution in [-0.4, -0.2) is 45.2 Å². The largest absolute Gasteiger partial charge is 0.369 e. The zero-order chi connectivity index (χ0) is 16.0. The maximum Gasteiger partial charge on any atom is 0.211 e. The zero-order valence-corrected chi connectivity index (χ0v) is 14.8. The Morgan fingerprint density at radius 3 is 2.45 bits per heavy atom. The summed E-state index contributed by atoms with van der Waals surface area (Å²) >= 11 is 3.39. The van der Waals surface area contributed by atoms with Crippen LogP contribution in [0, 0.1) is 16.7 Å². The summed E-state index contributed by atoms with van der Waals surface area (Å²) < 4.78 is 25.6. The normalized spacial score (nSPS) is 21.4. The Morgan fingerprint density at radius 1 is 1.27 bits per heavy atom. The number of nitrogens with zero attached hydrogens (tertiary/aromatic N) is 3. The van der Waals surface area contributed by atoms with E-state index in [-0.39, 0.29) is 5.41 Å². The highest BCUT2D eigenvalue weighted by atomic mass is 79.9. The van der Waals surface area contributed by atoms with Crippen molar-refractivity contribution in [2.75, 3.05) is 37.3 Å². The Hall–Kier alpha value is -1.10. The smallest absolute Gasteiger partial charge is 0.211 e. The molecule has 0 atom stereocenters. The molecular weight excluding hydrogens is 366 g/mol. The average Bonchev–Trinajstić information content (AvgIpc) is 2.44. The molecule has 0 saturated carbocycles. The Labute approximate surface area is 139 Å². The molecule has 22 heavy (non-hydrogen) atoms. The molecule has 0 aliphatic carbocycles. The fourth-order valence-corrected chi connectivity index (χ4v) is 4.62. The van der Waals surface area contributed by atoms with Crippen molar-refractivity contribution in [3.63, 3.8) is 0 Å². The van der Waals surface area contributed by atoms with Crippen molar-refractivity contribution < 1.29 is 8.42 Å². The first-order valence-corrected chi connectivity index (χ1v) is 9.87. The molecule has 3 rings (SSSR count). The predicted octanol–water partition coefficient (Wildman–Crippen LogP) is 2.18. The number of hydrogen-bond donors (Lipinski definition) is 0. The third-order valence-corrected chi connectivity index (χ3v) is 6.52. The van der Waals surface area contributed by atoms with Gasteiger partial charge in [-0.05, 0) is 31.0 Å². The SMILES string of the molecule is CS(=O)(=O)N1CCC2(CC1)CN(c1ccc(Br)cc1C#N)C2. The molecule has 0 N–H and O–H groups in total. The van der Waals surface area contributed by atoms with Gasteiger partial charge in [-0.1, -0.05) is 15.9 Å². The van der Waals surface area contributed by atoms with Crippen LogP contribution in [0.1, 0.15) is 18.4 Å². The van der Waals surface area contributed by atoms with Crippen molar-refractivity contribution in [2.45, 2.75) is 12.8 Å². The molecule has 1 aromatic rings. The van der Waals surface area contributed by atoms with Crippen molar-refractivity contribution in [3.05, 3.63) is 28.2 Å². The third kappa shape index (κ3) is 2.87. The van der Waals surface area contributed by atoms with Crippen molar-refractivity contribution in [2.24, 2.45) is 5.41 Å². The molecule has 0 aromatic heterocycles. The molecule has 0 radical (unpaired) electrons. The first-order chi connectivity index (χ1) is 10.3. The van der Waals surface area contributed by atoms with Gasteiger partial charge in [-0.3, -0.25) is 0 Å². The highest BCUT2D eigenvalue weighted by molar-refractivity contribution is 9.10. The monoisotopic (exact) mass is 383 g/mol. The number of sulfonamides is 1. The average molecular weight is 384 g/mol. The number of anilines is 1. The number of benzene rings is 1. The van der Waals surface area contributed by atoms with Crippen LogP contribution in [0.15, 0.2) is 22.7 Å². The van der Waals surface area contributed by atoms with E-state index in [0.717, 1.165) is 36.1 Å². The van der Waals surface area contributed by atoms with Gasteiger partial charge in [0.05, 0.1) is 17.5 Å². The lowest BCUT2D eigenvalue weighted by atomic mass is 9.72. The summed E-state index contributed by atoms with van der Waals surface area (Å²) in [4.78, 5) is 2.22. The second kappa shape index (κ2) is 5.52. The van der Waals surface area contributed by atoms with Crippen LogP contribution in [-0.2, 0) is 10.0 Å². The zero-order valence-electron chi connectivity index (χ0n) is 12.4. The lowest BCUT2D eigenvalue weighted by Gasteiger charge is -2.54. The molecular formula is C15H18BrN3O2S. The van der Waals surface area contributed by atoms with Gasteiger partial charge < -0.3 is 4.90 Å². The van der Waals surface area contributed by atoms with Gasteiger partial charge in [0.1, 0.15) is 6.07 Å². The summed E-state index contributed by atoms with van der Waals surface area (Å²) in [6, 6.07) is 8.01. The molecule has 118 valence electrons. The maximum absolute atomic E-state index is 11.6. The van der Waals surface area contributed by atoms with Crippen LogP contribution < -0.4 is 4.90 Å². The van der Waals surface area contributed by atoms with Gasteiger partial charge in [0, 0.05) is 36.1 Å². The van der Waals surface area contributed by atoms with E-state index in [9.17, 15) is 13.7 Å². The lowest BCUT2D eigenvalue weighted by Crippen LogP contribution is -2.61. The minimum Gasteiger partial charge on any atom is -0.369 e. The van der Waals surface area contributed by atoms with Crippen molar-refractivity contribution in [3.8, 4) is 6.07 Å². The van der Waals surface area contributed by atoms with E-state index in [1.54, 1.807) is 4.31 Å². The summed E-state index contributed by atoms with van der Waals surface area (Å²) in [6.45, 7) is 3.03. The number of halogens is 1. The third-order valence-electron chi connectivity index (χ3n) is 4.72. The molecule has 7 heteroatoms. The molecule has 2 heterocycles. The quantitative estimate of drug-likeness (QED) is 0.784. The van der Waals surface area contributed by atoms with Gasteiger partial charge in [0.25, 0.3) is 0 Å². The highest BCUT2D eigenvalue weighted by Gasteiger charge is 2.46. The Kier molecular flexibility index (Phi) is 3.96. The maximum atomic E-state index is 11.6. The van der Waals surface area contributed by atoms with E-state index in [1.165, 1.54) is 6.26 Å². The second-order valence-corrected chi connectivity index (χ2v) is 9.19.